The lowest BCUT2D eigenvalue weighted by Crippen LogP contribution is -2.48. The van der Waals surface area contributed by atoms with Crippen molar-refractivity contribution in [2.75, 3.05) is 26.2 Å². The monoisotopic (exact) mass is 420 g/mol. The molecule has 4 heterocycles. The van der Waals surface area contributed by atoms with Gasteiger partial charge in [0.15, 0.2) is 0 Å². The van der Waals surface area contributed by atoms with E-state index in [1.807, 2.05) is 57.3 Å². The summed E-state index contributed by atoms with van der Waals surface area (Å²) in [6.45, 7) is 3.38. The molecule has 1 aliphatic heterocycles. The fraction of sp³-hybridized carbons (Fsp3) is 0.238. The third kappa shape index (κ3) is 3.77. The van der Waals surface area contributed by atoms with Gasteiger partial charge in [-0.05, 0) is 23.6 Å². The maximum Gasteiger partial charge on any atom is 0.272 e. The van der Waals surface area contributed by atoms with Gasteiger partial charge in [0.05, 0.1) is 23.9 Å². The Morgan fingerprint density at radius 3 is 2.67 bits per heavy atom. The van der Waals surface area contributed by atoms with E-state index < -0.39 is 0 Å². The number of carbonyl (C=O) groups excluding carboxylic acids is 1. The van der Waals surface area contributed by atoms with Crippen molar-refractivity contribution in [3.05, 3.63) is 72.0 Å². The van der Waals surface area contributed by atoms with Crippen molar-refractivity contribution in [1.82, 2.24) is 29.5 Å². The zero-order chi connectivity index (χ0) is 20.3. The molecule has 0 saturated carbocycles. The molecule has 0 bridgehead atoms. The van der Waals surface area contributed by atoms with Gasteiger partial charge in [-0.25, -0.2) is 4.98 Å². The third-order valence-electron chi connectivity index (χ3n) is 5.12. The van der Waals surface area contributed by atoms with Crippen LogP contribution in [0.5, 0.6) is 0 Å². The van der Waals surface area contributed by atoms with Gasteiger partial charge in [0.25, 0.3) is 5.91 Å². The van der Waals surface area contributed by atoms with Crippen molar-refractivity contribution in [3.8, 4) is 16.4 Å². The Morgan fingerprint density at radius 1 is 1.07 bits per heavy atom. The molecule has 1 saturated heterocycles. The number of nitrogens with zero attached hydrogens (tertiary/aromatic N) is 6. The second kappa shape index (κ2) is 8.21. The van der Waals surface area contributed by atoms with E-state index in [1.165, 1.54) is 0 Å². The van der Waals surface area contributed by atoms with Crippen LogP contribution in [-0.2, 0) is 6.54 Å². The second-order valence-corrected chi connectivity index (χ2v) is 7.99. The summed E-state index contributed by atoms with van der Waals surface area (Å²) in [5.41, 5.74) is 1.50. The summed E-state index contributed by atoms with van der Waals surface area (Å²) in [6.07, 6.45) is 3.31. The van der Waals surface area contributed by atoms with Crippen molar-refractivity contribution >= 4 is 17.2 Å². The predicted octanol–water partition coefficient (Wildman–Crippen LogP) is 2.94. The lowest BCUT2D eigenvalue weighted by molar-refractivity contribution is 0.0607. The molecule has 5 rings (SSSR count). The van der Waals surface area contributed by atoms with Gasteiger partial charge in [0.2, 0.25) is 11.7 Å². The topological polar surface area (TPSA) is 80.3 Å². The predicted molar refractivity (Wildman–Crippen MR) is 112 cm³/mol. The number of piperazine rings is 1. The minimum atomic E-state index is -0.00576. The molecule has 0 aliphatic carbocycles. The number of carbonyl (C=O) groups is 1. The summed E-state index contributed by atoms with van der Waals surface area (Å²) in [6, 6.07) is 13.7. The summed E-state index contributed by atoms with van der Waals surface area (Å²) in [5.74, 6) is 1.22. The van der Waals surface area contributed by atoms with Crippen molar-refractivity contribution in [2.24, 2.45) is 0 Å². The molecular weight excluding hydrogens is 400 g/mol. The van der Waals surface area contributed by atoms with Crippen LogP contribution in [0.15, 0.2) is 64.9 Å². The quantitative estimate of drug-likeness (QED) is 0.494. The van der Waals surface area contributed by atoms with Crippen molar-refractivity contribution in [1.29, 1.82) is 0 Å². The number of imidazole rings is 1. The zero-order valence-corrected chi connectivity index (χ0v) is 17.0. The maximum atomic E-state index is 13.1. The van der Waals surface area contributed by atoms with E-state index in [0.29, 0.717) is 37.0 Å². The van der Waals surface area contributed by atoms with Crippen LogP contribution in [0.3, 0.4) is 0 Å². The van der Waals surface area contributed by atoms with E-state index in [4.69, 9.17) is 4.52 Å². The van der Waals surface area contributed by atoms with Crippen LogP contribution in [0, 0.1) is 0 Å². The van der Waals surface area contributed by atoms with E-state index in [0.717, 1.165) is 23.7 Å². The average Bonchev–Trinajstić information content (AvgIpc) is 3.55. The number of hydrogen-bond acceptors (Lipinski definition) is 7. The SMILES string of the molecule is O=C(c1cncn1-c1ccccc1)N1CCN(Cc2nc(-c3cccs3)no2)CC1. The first-order chi connectivity index (χ1) is 14.8. The number of hydrogen-bond donors (Lipinski definition) is 0. The third-order valence-corrected chi connectivity index (χ3v) is 5.99. The van der Waals surface area contributed by atoms with Gasteiger partial charge in [0, 0.05) is 31.9 Å². The van der Waals surface area contributed by atoms with Crippen molar-refractivity contribution in [2.45, 2.75) is 6.54 Å². The Kier molecular flexibility index (Phi) is 5.12. The highest BCUT2D eigenvalue weighted by atomic mass is 32.1. The number of amides is 1. The fourth-order valence-corrected chi connectivity index (χ4v) is 4.18. The molecule has 1 fully saturated rings. The molecule has 152 valence electrons. The number of aromatic nitrogens is 4. The molecule has 30 heavy (non-hydrogen) atoms. The smallest absolute Gasteiger partial charge is 0.272 e. The van der Waals surface area contributed by atoms with Crippen molar-refractivity contribution in [3.63, 3.8) is 0 Å². The van der Waals surface area contributed by atoms with Crippen LogP contribution >= 0.6 is 11.3 Å². The largest absolute Gasteiger partial charge is 0.338 e. The van der Waals surface area contributed by atoms with Crippen molar-refractivity contribution < 1.29 is 9.32 Å². The normalized spacial score (nSPS) is 14.9. The molecule has 0 atom stereocenters. The minimum Gasteiger partial charge on any atom is -0.338 e. The summed E-state index contributed by atoms with van der Waals surface area (Å²) in [5, 5.41) is 6.05. The minimum absolute atomic E-state index is 0.00576. The standard InChI is InChI=1S/C21H20N6O2S/c28-21(17-13-22-15-27(17)16-5-2-1-3-6-16)26-10-8-25(9-11-26)14-19-23-20(24-29-19)18-7-4-12-30-18/h1-7,12-13,15H,8-11,14H2. The zero-order valence-electron chi connectivity index (χ0n) is 16.2. The highest BCUT2D eigenvalue weighted by Crippen LogP contribution is 2.22. The molecule has 1 amide bonds. The van der Waals surface area contributed by atoms with Crippen LogP contribution in [0.2, 0.25) is 0 Å². The molecule has 4 aromatic rings. The summed E-state index contributed by atoms with van der Waals surface area (Å²) in [7, 11) is 0. The summed E-state index contributed by atoms with van der Waals surface area (Å²) < 4.78 is 7.23. The molecular formula is C21H20N6O2S. The summed E-state index contributed by atoms with van der Waals surface area (Å²) >= 11 is 1.59. The molecule has 9 heteroatoms. The van der Waals surface area contributed by atoms with E-state index >= 15 is 0 Å². The molecule has 0 spiro atoms. The summed E-state index contributed by atoms with van der Waals surface area (Å²) in [4.78, 5) is 26.8. The van der Waals surface area contributed by atoms with E-state index in [9.17, 15) is 4.79 Å². The lowest BCUT2D eigenvalue weighted by Gasteiger charge is -2.33. The highest BCUT2D eigenvalue weighted by Gasteiger charge is 2.25. The number of rotatable bonds is 5. The van der Waals surface area contributed by atoms with Gasteiger partial charge < -0.3 is 9.42 Å². The molecule has 0 unspecified atom stereocenters. The van der Waals surface area contributed by atoms with Crippen LogP contribution in [0.1, 0.15) is 16.4 Å². The van der Waals surface area contributed by atoms with E-state index in [2.05, 4.69) is 20.0 Å². The van der Waals surface area contributed by atoms with Gasteiger partial charge in [0.1, 0.15) is 5.69 Å². The van der Waals surface area contributed by atoms with Gasteiger partial charge in [-0.3, -0.25) is 14.3 Å². The average molecular weight is 420 g/mol. The Hall–Kier alpha value is -3.30. The van der Waals surface area contributed by atoms with Crippen LogP contribution < -0.4 is 0 Å². The van der Waals surface area contributed by atoms with Gasteiger partial charge in [-0.15, -0.1) is 11.3 Å². The van der Waals surface area contributed by atoms with Gasteiger partial charge in [-0.1, -0.05) is 29.4 Å². The van der Waals surface area contributed by atoms with Gasteiger partial charge >= 0.3 is 0 Å². The first kappa shape index (κ1) is 18.7. The molecule has 0 radical (unpaired) electrons. The first-order valence-corrected chi connectivity index (χ1v) is 10.6. The highest BCUT2D eigenvalue weighted by molar-refractivity contribution is 7.13. The van der Waals surface area contributed by atoms with Crippen LogP contribution in [0.25, 0.3) is 16.4 Å². The Bertz CT molecular complexity index is 1110. The number of benzene rings is 1. The second-order valence-electron chi connectivity index (χ2n) is 7.04. The van der Waals surface area contributed by atoms with Gasteiger partial charge in [-0.2, -0.15) is 4.98 Å². The van der Waals surface area contributed by atoms with Crippen LogP contribution in [-0.4, -0.2) is 61.6 Å². The molecule has 8 nitrogen and oxygen atoms in total. The van der Waals surface area contributed by atoms with E-state index in [1.54, 1.807) is 23.9 Å². The molecule has 1 aliphatic rings. The number of para-hydroxylation sites is 1. The van der Waals surface area contributed by atoms with Crippen LogP contribution in [0.4, 0.5) is 0 Å². The Balaban J connectivity index is 1.21. The first-order valence-electron chi connectivity index (χ1n) is 9.74. The fourth-order valence-electron chi connectivity index (χ4n) is 3.53. The Labute approximate surface area is 177 Å². The number of thiophene rings is 1. The molecule has 3 aromatic heterocycles. The van der Waals surface area contributed by atoms with E-state index in [-0.39, 0.29) is 5.91 Å². The molecule has 0 N–H and O–H groups in total. The lowest BCUT2D eigenvalue weighted by atomic mass is 10.2. The maximum absolute atomic E-state index is 13.1. The Morgan fingerprint density at radius 2 is 1.90 bits per heavy atom. The molecule has 1 aromatic carbocycles.